The minimum atomic E-state index is -1.14. The second kappa shape index (κ2) is 5.17. The fourth-order valence-electron chi connectivity index (χ4n) is 2.10. The Bertz CT molecular complexity index is 421. The van der Waals surface area contributed by atoms with Crippen molar-refractivity contribution in [3.05, 3.63) is 0 Å². The smallest absolute Gasteiger partial charge is 0.411 e. The molecule has 1 aliphatic rings. The molecule has 2 unspecified atom stereocenters. The molecule has 1 fully saturated rings. The van der Waals surface area contributed by atoms with Gasteiger partial charge in [-0.2, -0.15) is 5.26 Å². The number of hydrogen-bond acceptors (Lipinski definition) is 5. The number of carbonyl (C=O) groups is 2. The Morgan fingerprint density at radius 2 is 2.16 bits per heavy atom. The third kappa shape index (κ3) is 3.04. The van der Waals surface area contributed by atoms with Crippen molar-refractivity contribution in [3.8, 4) is 6.07 Å². The van der Waals surface area contributed by atoms with Gasteiger partial charge in [0.25, 0.3) is 0 Å². The van der Waals surface area contributed by atoms with Crippen LogP contribution in [-0.4, -0.2) is 48.2 Å². The molecule has 0 spiro atoms. The summed E-state index contributed by atoms with van der Waals surface area (Å²) in [7, 11) is 1.45. The van der Waals surface area contributed by atoms with Gasteiger partial charge in [0.15, 0.2) is 5.78 Å². The van der Waals surface area contributed by atoms with E-state index in [-0.39, 0.29) is 18.9 Å². The fourth-order valence-corrected chi connectivity index (χ4v) is 2.10. The first-order valence-corrected chi connectivity index (χ1v) is 6.09. The summed E-state index contributed by atoms with van der Waals surface area (Å²) in [5, 5.41) is 8.98. The van der Waals surface area contributed by atoms with Crippen LogP contribution in [-0.2, 0) is 14.3 Å². The van der Waals surface area contributed by atoms with Crippen molar-refractivity contribution in [2.75, 3.05) is 20.3 Å². The van der Waals surface area contributed by atoms with Crippen LogP contribution in [0.15, 0.2) is 0 Å². The van der Waals surface area contributed by atoms with Crippen LogP contribution in [0.5, 0.6) is 0 Å². The van der Waals surface area contributed by atoms with E-state index in [1.165, 1.54) is 12.0 Å². The number of nitriles is 1. The van der Waals surface area contributed by atoms with Crippen LogP contribution in [0.1, 0.15) is 27.7 Å². The minimum absolute atomic E-state index is 0.0449. The molecule has 1 heterocycles. The van der Waals surface area contributed by atoms with Crippen LogP contribution >= 0.6 is 0 Å². The van der Waals surface area contributed by atoms with Gasteiger partial charge in [-0.05, 0) is 27.7 Å². The molecule has 2 atom stereocenters. The number of rotatable bonds is 2. The van der Waals surface area contributed by atoms with Crippen LogP contribution in [0, 0.1) is 17.2 Å². The van der Waals surface area contributed by atoms with Crippen molar-refractivity contribution < 1.29 is 19.1 Å². The Kier molecular flexibility index (Phi) is 4.21. The molecule has 0 saturated carbocycles. The Labute approximate surface area is 113 Å². The van der Waals surface area contributed by atoms with Gasteiger partial charge in [0.05, 0.1) is 12.7 Å². The van der Waals surface area contributed by atoms with Crippen molar-refractivity contribution in [3.63, 3.8) is 0 Å². The maximum atomic E-state index is 12.2. The summed E-state index contributed by atoms with van der Waals surface area (Å²) in [6.07, 6.45) is -0.599. The minimum Gasteiger partial charge on any atom is -0.444 e. The van der Waals surface area contributed by atoms with E-state index >= 15 is 0 Å². The maximum Gasteiger partial charge on any atom is 0.411 e. The highest BCUT2D eigenvalue weighted by atomic mass is 16.6. The Morgan fingerprint density at radius 3 is 2.58 bits per heavy atom. The summed E-state index contributed by atoms with van der Waals surface area (Å²) in [6.45, 7) is 6.93. The molecule has 19 heavy (non-hydrogen) atoms. The Hall–Kier alpha value is -1.61. The SMILES string of the molecule is COCC1(C)C(=O)C(C#N)CN1C(=O)OC(C)(C)C. The molecule has 0 bridgehead atoms. The van der Waals surface area contributed by atoms with E-state index < -0.39 is 23.2 Å². The van der Waals surface area contributed by atoms with E-state index in [1.807, 2.05) is 6.07 Å². The summed E-state index contributed by atoms with van der Waals surface area (Å²) in [5.74, 6) is -1.13. The first kappa shape index (κ1) is 15.4. The number of methoxy groups -OCH3 is 1. The average Bonchev–Trinajstić information content (AvgIpc) is 2.50. The molecule has 0 aromatic carbocycles. The predicted octanol–water partition coefficient (Wildman–Crippen LogP) is 1.35. The molecule has 6 heteroatoms. The van der Waals surface area contributed by atoms with Crippen molar-refractivity contribution in [1.82, 2.24) is 4.90 Å². The molecule has 106 valence electrons. The number of amides is 1. The third-order valence-electron chi connectivity index (χ3n) is 3.00. The standard InChI is InChI=1S/C13H20N2O4/c1-12(2,3)19-11(17)15-7-9(6-14)10(16)13(15,4)8-18-5/h9H,7-8H2,1-5H3. The van der Waals surface area contributed by atoms with Gasteiger partial charge in [0.2, 0.25) is 0 Å². The van der Waals surface area contributed by atoms with Crippen LogP contribution in [0.25, 0.3) is 0 Å². The van der Waals surface area contributed by atoms with Gasteiger partial charge in [0.1, 0.15) is 17.1 Å². The summed E-state index contributed by atoms with van der Waals surface area (Å²) >= 11 is 0. The number of hydrogen-bond donors (Lipinski definition) is 0. The molecule has 0 aromatic heterocycles. The fraction of sp³-hybridized carbons (Fsp3) is 0.769. The normalized spacial score (nSPS) is 27.3. The van der Waals surface area contributed by atoms with Gasteiger partial charge >= 0.3 is 6.09 Å². The lowest BCUT2D eigenvalue weighted by atomic mass is 9.94. The highest BCUT2D eigenvalue weighted by Gasteiger charge is 2.53. The van der Waals surface area contributed by atoms with Crippen molar-refractivity contribution in [2.45, 2.75) is 38.8 Å². The van der Waals surface area contributed by atoms with Crippen LogP contribution in [0.2, 0.25) is 0 Å². The second-order valence-corrected chi connectivity index (χ2v) is 5.84. The Morgan fingerprint density at radius 1 is 1.58 bits per heavy atom. The molecule has 1 aliphatic heterocycles. The quantitative estimate of drug-likeness (QED) is 0.755. The largest absolute Gasteiger partial charge is 0.444 e. The van der Waals surface area contributed by atoms with Gasteiger partial charge in [-0.1, -0.05) is 0 Å². The van der Waals surface area contributed by atoms with E-state index in [0.29, 0.717) is 0 Å². The summed E-state index contributed by atoms with van der Waals surface area (Å²) < 4.78 is 10.3. The monoisotopic (exact) mass is 268 g/mol. The van der Waals surface area contributed by atoms with Crippen molar-refractivity contribution >= 4 is 11.9 Å². The van der Waals surface area contributed by atoms with Crippen LogP contribution < -0.4 is 0 Å². The molecule has 0 aromatic rings. The van der Waals surface area contributed by atoms with Gasteiger partial charge in [-0.15, -0.1) is 0 Å². The number of nitrogens with zero attached hydrogens (tertiary/aromatic N) is 2. The first-order valence-electron chi connectivity index (χ1n) is 6.09. The molecular formula is C13H20N2O4. The molecule has 0 aliphatic carbocycles. The van der Waals surface area contributed by atoms with Gasteiger partial charge in [-0.25, -0.2) is 4.79 Å². The van der Waals surface area contributed by atoms with Gasteiger partial charge < -0.3 is 9.47 Å². The van der Waals surface area contributed by atoms with E-state index in [0.717, 1.165) is 0 Å². The van der Waals surface area contributed by atoms with E-state index in [9.17, 15) is 9.59 Å². The van der Waals surface area contributed by atoms with Gasteiger partial charge in [0, 0.05) is 13.7 Å². The first-order chi connectivity index (χ1) is 8.65. The molecule has 1 rings (SSSR count). The Balaban J connectivity index is 3.01. The second-order valence-electron chi connectivity index (χ2n) is 5.84. The third-order valence-corrected chi connectivity index (χ3v) is 3.00. The van der Waals surface area contributed by atoms with Crippen molar-refractivity contribution in [1.29, 1.82) is 5.26 Å². The molecule has 1 amide bonds. The number of likely N-dealkylation sites (tertiary alicyclic amines) is 1. The molecule has 0 radical (unpaired) electrons. The van der Waals surface area contributed by atoms with Crippen LogP contribution in [0.3, 0.4) is 0 Å². The highest BCUT2D eigenvalue weighted by molar-refractivity contribution is 5.98. The maximum absolute atomic E-state index is 12.2. The lowest BCUT2D eigenvalue weighted by molar-refractivity contribution is -0.128. The molecular weight excluding hydrogens is 248 g/mol. The number of ether oxygens (including phenoxy) is 2. The average molecular weight is 268 g/mol. The zero-order chi connectivity index (χ0) is 14.8. The van der Waals surface area contributed by atoms with Crippen LogP contribution in [0.4, 0.5) is 4.79 Å². The summed E-state index contributed by atoms with van der Waals surface area (Å²) in [6, 6.07) is 1.92. The summed E-state index contributed by atoms with van der Waals surface area (Å²) in [5.41, 5.74) is -1.80. The zero-order valence-electron chi connectivity index (χ0n) is 12.0. The number of ketones is 1. The van der Waals surface area contributed by atoms with E-state index in [2.05, 4.69) is 0 Å². The van der Waals surface area contributed by atoms with E-state index in [1.54, 1.807) is 27.7 Å². The van der Waals surface area contributed by atoms with E-state index in [4.69, 9.17) is 14.7 Å². The highest BCUT2D eigenvalue weighted by Crippen LogP contribution is 2.31. The lowest BCUT2D eigenvalue weighted by Crippen LogP contribution is -2.53. The topological polar surface area (TPSA) is 79.6 Å². The predicted molar refractivity (Wildman–Crippen MR) is 67.3 cm³/mol. The molecule has 1 saturated heterocycles. The number of Topliss-reactive ketones (excluding diaryl/α,β-unsaturated/α-hetero) is 1. The van der Waals surface area contributed by atoms with Crippen molar-refractivity contribution in [2.24, 2.45) is 5.92 Å². The zero-order valence-corrected chi connectivity index (χ0v) is 12.0. The summed E-state index contributed by atoms with van der Waals surface area (Å²) in [4.78, 5) is 25.6. The lowest BCUT2D eigenvalue weighted by Gasteiger charge is -2.34. The molecule has 6 nitrogen and oxygen atoms in total. The number of carbonyl (C=O) groups excluding carboxylic acids is 2. The molecule has 0 N–H and O–H groups in total. The van der Waals surface area contributed by atoms with Gasteiger partial charge in [-0.3, -0.25) is 9.69 Å².